The van der Waals surface area contributed by atoms with Crippen molar-refractivity contribution in [2.24, 2.45) is 0 Å². The summed E-state index contributed by atoms with van der Waals surface area (Å²) >= 11 is 0. The second-order valence-electron chi connectivity index (χ2n) is 8.84. The highest BCUT2D eigenvalue weighted by molar-refractivity contribution is 7.36. The van der Waals surface area contributed by atoms with E-state index in [0.717, 1.165) is 20.5 Å². The van der Waals surface area contributed by atoms with E-state index in [2.05, 4.69) is 19.9 Å². The zero-order valence-electron chi connectivity index (χ0n) is 24.2. The van der Waals surface area contributed by atoms with Crippen molar-refractivity contribution >= 4 is 37.4 Å². The number of esters is 3. The summed E-state index contributed by atoms with van der Waals surface area (Å²) in [6, 6.07) is 3.87. The van der Waals surface area contributed by atoms with Crippen molar-refractivity contribution in [3.05, 3.63) is 24.2 Å². The predicted molar refractivity (Wildman–Crippen MR) is 144 cm³/mol. The number of ether oxygens (including phenoxy) is 6. The van der Waals surface area contributed by atoms with Crippen molar-refractivity contribution in [2.45, 2.75) is 56.8 Å². The average Bonchev–Trinajstić information content (AvgIpc) is 3.43. The molecule has 0 bridgehead atoms. The third-order valence-electron chi connectivity index (χ3n) is 6.25. The molecule has 0 saturated carbocycles. The van der Waals surface area contributed by atoms with Crippen LogP contribution < -0.4 is 10.8 Å². The number of carbonyl (C=O) groups excluding carboxylic acids is 3. The Balaban J connectivity index is 2.68. The molecule has 2 aromatic rings. The van der Waals surface area contributed by atoms with Crippen LogP contribution in [0.3, 0.4) is 0 Å². The van der Waals surface area contributed by atoms with E-state index in [1.807, 2.05) is 6.07 Å². The molecule has 232 valence electrons. The molecule has 2 heterocycles. The van der Waals surface area contributed by atoms with Crippen LogP contribution in [0, 0.1) is 11.3 Å². The largest absolute Gasteiger partial charge is 0.468 e. The summed E-state index contributed by atoms with van der Waals surface area (Å²) in [6.45, 7) is 3.41. The monoisotopic (exact) mass is 614 g/mol. The molecule has 0 saturated heterocycles. The van der Waals surface area contributed by atoms with Gasteiger partial charge in [0.2, 0.25) is 5.60 Å². The Bertz CT molecular complexity index is 1320. The first kappa shape index (κ1) is 34.6. The molecule has 0 spiro atoms. The lowest BCUT2D eigenvalue weighted by molar-refractivity contribution is -0.202. The lowest BCUT2D eigenvalue weighted by atomic mass is 9.92. The first-order valence-corrected chi connectivity index (χ1v) is 13.7. The van der Waals surface area contributed by atoms with Gasteiger partial charge in [0.15, 0.2) is 30.2 Å². The van der Waals surface area contributed by atoms with Crippen LogP contribution in [-0.4, -0.2) is 97.5 Å². The van der Waals surface area contributed by atoms with Crippen molar-refractivity contribution in [3.8, 4) is 6.07 Å². The van der Waals surface area contributed by atoms with Crippen molar-refractivity contribution in [2.75, 3.05) is 40.8 Å². The van der Waals surface area contributed by atoms with Gasteiger partial charge in [-0.3, -0.25) is 9.36 Å². The van der Waals surface area contributed by atoms with Crippen molar-refractivity contribution in [1.82, 2.24) is 19.7 Å². The standard InChI is InChI=1S/C24H35N6O11P/c1-13(21(31)37-6)29-42(34)39-11-24(10-25,38-7)19(41-23(33)15(3)36-5)18(40-22(32)14(2)35-4)16-8-9-17-20(26)27-12-28-30(16)17/h8-9,12-15,18-19,42H,11H2,1-7H3,(H,29,34)(H2,26,27,28)/t13-,14+,15+,18-,19-,24+/m0/s1. The van der Waals surface area contributed by atoms with Crippen LogP contribution in [0.1, 0.15) is 32.6 Å². The normalized spacial score (nSPS) is 17.1. The summed E-state index contributed by atoms with van der Waals surface area (Å²) in [4.78, 5) is 41.7. The molecule has 0 aromatic carbocycles. The Morgan fingerprint density at radius 3 is 2.24 bits per heavy atom. The topological polar surface area (TPSA) is 225 Å². The van der Waals surface area contributed by atoms with E-state index in [1.165, 1.54) is 51.6 Å². The van der Waals surface area contributed by atoms with E-state index < -0.39 is 68.8 Å². The number of nitrogen functional groups attached to an aromatic ring is 1. The number of anilines is 1. The molecule has 17 nitrogen and oxygen atoms in total. The smallest absolute Gasteiger partial charge is 0.335 e. The third kappa shape index (κ3) is 8.00. The number of nitrogens with zero attached hydrogens (tertiary/aromatic N) is 4. The Labute approximate surface area is 242 Å². The van der Waals surface area contributed by atoms with Crippen molar-refractivity contribution < 1.29 is 51.9 Å². The number of methoxy groups -OCH3 is 4. The van der Waals surface area contributed by atoms with Crippen LogP contribution in [0.25, 0.3) is 5.52 Å². The van der Waals surface area contributed by atoms with Gasteiger partial charge >= 0.3 is 17.9 Å². The van der Waals surface area contributed by atoms with Gasteiger partial charge in [-0.2, -0.15) is 10.4 Å². The zero-order valence-corrected chi connectivity index (χ0v) is 25.2. The fraction of sp³-hybridized carbons (Fsp3) is 0.583. The van der Waals surface area contributed by atoms with Crippen LogP contribution in [0.15, 0.2) is 18.5 Å². The molecular formula is C24H35N6O11P. The first-order chi connectivity index (χ1) is 19.9. The summed E-state index contributed by atoms with van der Waals surface area (Å²) in [6.07, 6.45) is -4.45. The molecular weight excluding hydrogens is 579 g/mol. The second kappa shape index (κ2) is 15.5. The minimum absolute atomic E-state index is 0.0826. The second-order valence-corrected chi connectivity index (χ2v) is 9.99. The van der Waals surface area contributed by atoms with E-state index in [9.17, 15) is 24.2 Å². The average molecular weight is 615 g/mol. The highest BCUT2D eigenvalue weighted by Crippen LogP contribution is 2.36. The maximum absolute atomic E-state index is 13.0. The highest BCUT2D eigenvalue weighted by Gasteiger charge is 2.52. The van der Waals surface area contributed by atoms with E-state index in [-0.39, 0.29) is 11.5 Å². The van der Waals surface area contributed by atoms with Crippen molar-refractivity contribution in [1.29, 1.82) is 5.26 Å². The van der Waals surface area contributed by atoms with Gasteiger partial charge in [-0.1, -0.05) is 0 Å². The van der Waals surface area contributed by atoms with Crippen LogP contribution >= 0.6 is 8.18 Å². The Morgan fingerprint density at radius 2 is 1.69 bits per heavy atom. The predicted octanol–water partition coefficient (Wildman–Crippen LogP) is 0.344. The summed E-state index contributed by atoms with van der Waals surface area (Å²) in [7, 11) is 1.60. The maximum Gasteiger partial charge on any atom is 0.335 e. The number of fused-ring (bicyclic) bond motifs is 1. The first-order valence-electron chi connectivity index (χ1n) is 12.4. The molecule has 3 N–H and O–H groups in total. The zero-order chi connectivity index (χ0) is 31.6. The Morgan fingerprint density at radius 1 is 1.07 bits per heavy atom. The minimum Gasteiger partial charge on any atom is -0.468 e. The minimum atomic E-state index is -3.20. The molecule has 0 aliphatic heterocycles. The lowest BCUT2D eigenvalue weighted by Gasteiger charge is -2.37. The van der Waals surface area contributed by atoms with Crippen LogP contribution in [-0.2, 0) is 51.9 Å². The quantitative estimate of drug-likeness (QED) is 0.148. The van der Waals surface area contributed by atoms with Gasteiger partial charge in [0.25, 0.3) is 8.18 Å². The third-order valence-corrected chi connectivity index (χ3v) is 7.33. The Kier molecular flexibility index (Phi) is 12.8. The Hall–Kier alpha value is -3.65. The van der Waals surface area contributed by atoms with Crippen LogP contribution in [0.4, 0.5) is 5.82 Å². The molecule has 2 aromatic heterocycles. The molecule has 0 amide bonds. The number of hydrogen-bond donors (Lipinski definition) is 2. The lowest BCUT2D eigenvalue weighted by Crippen LogP contribution is -2.54. The fourth-order valence-corrected chi connectivity index (χ4v) is 4.43. The number of aromatic nitrogens is 3. The highest BCUT2D eigenvalue weighted by atomic mass is 31.1. The number of nitrogens with two attached hydrogens (primary N) is 1. The van der Waals surface area contributed by atoms with Gasteiger partial charge in [-0.15, -0.1) is 0 Å². The summed E-state index contributed by atoms with van der Waals surface area (Å²) in [5.74, 6) is -2.48. The van der Waals surface area contributed by atoms with Gasteiger partial charge in [0.1, 0.15) is 30.6 Å². The van der Waals surface area contributed by atoms with E-state index >= 15 is 0 Å². The number of rotatable bonds is 16. The molecule has 0 radical (unpaired) electrons. The number of nitriles is 1. The molecule has 0 aliphatic rings. The molecule has 0 aliphatic carbocycles. The number of hydrogen-bond acceptors (Lipinski definition) is 15. The van der Waals surface area contributed by atoms with Crippen molar-refractivity contribution in [3.63, 3.8) is 0 Å². The molecule has 2 rings (SSSR count). The molecule has 42 heavy (non-hydrogen) atoms. The van der Waals surface area contributed by atoms with Gasteiger partial charge in [-0.25, -0.2) is 24.2 Å². The molecule has 0 fully saturated rings. The maximum atomic E-state index is 13.0. The van der Waals surface area contributed by atoms with Gasteiger partial charge in [0.05, 0.1) is 12.8 Å². The van der Waals surface area contributed by atoms with Gasteiger partial charge < -0.3 is 38.7 Å². The number of carbonyl (C=O) groups is 3. The molecule has 18 heteroatoms. The van der Waals surface area contributed by atoms with E-state index in [4.69, 9.17) is 33.9 Å². The summed E-state index contributed by atoms with van der Waals surface area (Å²) in [5, 5.41) is 17.0. The summed E-state index contributed by atoms with van der Waals surface area (Å²) in [5.41, 5.74) is 4.12. The van der Waals surface area contributed by atoms with Gasteiger partial charge in [0, 0.05) is 21.3 Å². The number of nitrogens with one attached hydrogen (secondary N) is 1. The van der Waals surface area contributed by atoms with E-state index in [0.29, 0.717) is 5.52 Å². The van der Waals surface area contributed by atoms with Gasteiger partial charge in [-0.05, 0) is 32.9 Å². The summed E-state index contributed by atoms with van der Waals surface area (Å²) < 4.78 is 51.1. The SMILES string of the molecule is COC(=O)[C@H](C)N[PH](=O)OC[C@@](C#N)(OC)[C@@H](OC(=O)[C@@H](C)OC)[C@@H](OC(=O)[C@@H](C)OC)c1ccc2c(N)ncnn12. The van der Waals surface area contributed by atoms with E-state index in [1.54, 1.807) is 0 Å². The molecule has 1 unspecified atom stereocenters. The van der Waals surface area contributed by atoms with Crippen LogP contribution in [0.5, 0.6) is 0 Å². The fourth-order valence-electron chi connectivity index (χ4n) is 3.53. The molecule has 7 atom stereocenters. The van der Waals surface area contributed by atoms with Crippen LogP contribution in [0.2, 0.25) is 0 Å².